The predicted molar refractivity (Wildman–Crippen MR) is 102 cm³/mol. The molecule has 0 radical (unpaired) electrons. The van der Waals surface area contributed by atoms with Crippen molar-refractivity contribution in [1.82, 2.24) is 5.01 Å². The number of hydrazone groups is 1. The van der Waals surface area contributed by atoms with E-state index in [1.54, 1.807) is 18.2 Å². The van der Waals surface area contributed by atoms with Crippen LogP contribution in [0.4, 0.5) is 10.1 Å². The first-order valence-electron chi connectivity index (χ1n) is 7.26. The summed E-state index contributed by atoms with van der Waals surface area (Å²) in [5, 5.41) is 15.8. The Balaban J connectivity index is 1.77. The van der Waals surface area contributed by atoms with Gasteiger partial charge in [0.15, 0.2) is 4.32 Å². The van der Waals surface area contributed by atoms with Crippen LogP contribution in [-0.2, 0) is 4.79 Å². The summed E-state index contributed by atoms with van der Waals surface area (Å²) in [7, 11) is 0. The molecule has 0 aliphatic carbocycles. The summed E-state index contributed by atoms with van der Waals surface area (Å²) < 4.78 is 13.2. The van der Waals surface area contributed by atoms with E-state index >= 15 is 0 Å². The number of nitro benzene ring substituents is 1. The number of halogens is 1. The van der Waals surface area contributed by atoms with Crippen LogP contribution in [0.1, 0.15) is 11.1 Å². The van der Waals surface area contributed by atoms with Gasteiger partial charge < -0.3 is 0 Å². The fourth-order valence-electron chi connectivity index (χ4n) is 2.08. The number of carbonyl (C=O) groups excluding carboxylic acids is 1. The summed E-state index contributed by atoms with van der Waals surface area (Å²) in [6.45, 7) is 0. The van der Waals surface area contributed by atoms with Crippen LogP contribution in [0.2, 0.25) is 0 Å². The molecule has 26 heavy (non-hydrogen) atoms. The van der Waals surface area contributed by atoms with Gasteiger partial charge in [-0.1, -0.05) is 23.9 Å². The molecule has 1 heterocycles. The largest absolute Gasteiger partial charge is 0.286 e. The van der Waals surface area contributed by atoms with Crippen LogP contribution in [0.15, 0.2) is 58.5 Å². The van der Waals surface area contributed by atoms with Crippen molar-refractivity contribution < 1.29 is 14.1 Å². The highest BCUT2D eigenvalue weighted by Crippen LogP contribution is 2.32. The highest BCUT2D eigenvalue weighted by molar-refractivity contribution is 8.26. The lowest BCUT2D eigenvalue weighted by atomic mass is 10.2. The van der Waals surface area contributed by atoms with Crippen molar-refractivity contribution in [1.29, 1.82) is 0 Å². The number of rotatable bonds is 4. The summed E-state index contributed by atoms with van der Waals surface area (Å²) in [6, 6.07) is 11.5. The van der Waals surface area contributed by atoms with Crippen LogP contribution in [0.25, 0.3) is 6.08 Å². The molecule has 6 nitrogen and oxygen atoms in total. The van der Waals surface area contributed by atoms with E-state index in [4.69, 9.17) is 12.2 Å². The Kier molecular flexibility index (Phi) is 5.19. The molecule has 0 unspecified atom stereocenters. The van der Waals surface area contributed by atoms with E-state index < -0.39 is 10.8 Å². The number of carbonyl (C=O) groups is 1. The first-order chi connectivity index (χ1) is 12.4. The Morgan fingerprint density at radius 1 is 1.12 bits per heavy atom. The maximum atomic E-state index is 12.9. The number of thiocarbonyl (C=S) groups is 1. The van der Waals surface area contributed by atoms with Crippen molar-refractivity contribution in [2.75, 3.05) is 0 Å². The van der Waals surface area contributed by atoms with Crippen LogP contribution in [-0.4, -0.2) is 26.4 Å². The van der Waals surface area contributed by atoms with Gasteiger partial charge >= 0.3 is 0 Å². The third-order valence-electron chi connectivity index (χ3n) is 3.37. The minimum Gasteiger partial charge on any atom is -0.266 e. The first kappa shape index (κ1) is 17.9. The molecule has 130 valence electrons. The van der Waals surface area contributed by atoms with Gasteiger partial charge in [0.25, 0.3) is 11.6 Å². The van der Waals surface area contributed by atoms with Gasteiger partial charge in [-0.05, 0) is 53.7 Å². The Bertz CT molecular complexity index is 941. The van der Waals surface area contributed by atoms with Crippen LogP contribution in [0.3, 0.4) is 0 Å². The normalized spacial score (nSPS) is 16.0. The number of non-ortho nitro benzene ring substituents is 1. The van der Waals surface area contributed by atoms with Crippen molar-refractivity contribution in [2.24, 2.45) is 5.10 Å². The van der Waals surface area contributed by atoms with Crippen molar-refractivity contribution in [3.63, 3.8) is 0 Å². The molecule has 1 aliphatic heterocycles. The van der Waals surface area contributed by atoms with E-state index in [0.29, 0.717) is 16.0 Å². The first-order valence-corrected chi connectivity index (χ1v) is 8.48. The molecule has 0 atom stereocenters. The number of amides is 1. The minimum absolute atomic E-state index is 0.0291. The molecule has 0 N–H and O–H groups in total. The van der Waals surface area contributed by atoms with Gasteiger partial charge in [-0.25, -0.2) is 4.39 Å². The molecule has 0 bridgehead atoms. The molecule has 1 amide bonds. The molecule has 2 aromatic carbocycles. The Labute approximate surface area is 157 Å². The number of nitrogens with zero attached hydrogens (tertiary/aromatic N) is 3. The Morgan fingerprint density at radius 3 is 2.35 bits per heavy atom. The van der Waals surface area contributed by atoms with Gasteiger partial charge in [0, 0.05) is 12.1 Å². The third kappa shape index (κ3) is 4.01. The van der Waals surface area contributed by atoms with Crippen LogP contribution in [0.5, 0.6) is 0 Å². The molecule has 1 fully saturated rings. The number of hydrogen-bond acceptors (Lipinski definition) is 6. The molecule has 0 aromatic heterocycles. The predicted octanol–water partition coefficient (Wildman–Crippen LogP) is 3.97. The summed E-state index contributed by atoms with van der Waals surface area (Å²) >= 11 is 6.25. The zero-order chi connectivity index (χ0) is 18.7. The monoisotopic (exact) mass is 387 g/mol. The van der Waals surface area contributed by atoms with Gasteiger partial charge in [-0.2, -0.15) is 10.1 Å². The van der Waals surface area contributed by atoms with Crippen LogP contribution in [0, 0.1) is 15.9 Å². The quantitative estimate of drug-likeness (QED) is 0.261. The van der Waals surface area contributed by atoms with Gasteiger partial charge in [-0.3, -0.25) is 14.9 Å². The lowest BCUT2D eigenvalue weighted by Crippen LogP contribution is -2.22. The van der Waals surface area contributed by atoms with Crippen molar-refractivity contribution in [3.05, 3.63) is 80.5 Å². The highest BCUT2D eigenvalue weighted by Gasteiger charge is 2.32. The molecule has 0 saturated carbocycles. The van der Waals surface area contributed by atoms with E-state index in [2.05, 4.69) is 5.10 Å². The number of benzene rings is 2. The fourth-order valence-corrected chi connectivity index (χ4v) is 3.25. The lowest BCUT2D eigenvalue weighted by molar-refractivity contribution is -0.384. The molecule has 1 saturated heterocycles. The molecule has 9 heteroatoms. The van der Waals surface area contributed by atoms with E-state index in [1.165, 1.54) is 42.6 Å². The van der Waals surface area contributed by atoms with Crippen molar-refractivity contribution >= 4 is 52.2 Å². The van der Waals surface area contributed by atoms with E-state index in [1.807, 2.05) is 0 Å². The molecule has 1 aliphatic rings. The SMILES string of the molecule is O=C1/C(=C\c2ccc([N+](=O)[O-])cc2)SC(=S)N1/N=C/c1ccc(F)cc1. The van der Waals surface area contributed by atoms with Gasteiger partial charge in [0.1, 0.15) is 5.82 Å². The molecule has 0 spiro atoms. The summed E-state index contributed by atoms with van der Waals surface area (Å²) in [5.74, 6) is -0.754. The number of thioether (sulfide) groups is 1. The average molecular weight is 387 g/mol. The maximum absolute atomic E-state index is 12.9. The van der Waals surface area contributed by atoms with E-state index in [9.17, 15) is 19.3 Å². The average Bonchev–Trinajstić information content (AvgIpc) is 2.88. The standard InChI is InChI=1S/C17H10FN3O3S2/c18-13-5-1-12(2-6-13)10-19-20-16(22)15(26-17(20)25)9-11-3-7-14(8-4-11)21(23)24/h1-10H/b15-9+,19-10+. The molecular weight excluding hydrogens is 377 g/mol. The molecule has 2 aromatic rings. The van der Waals surface area contributed by atoms with Gasteiger partial charge in [0.05, 0.1) is 16.0 Å². The lowest BCUT2D eigenvalue weighted by Gasteiger charge is -2.05. The third-order valence-corrected chi connectivity index (χ3v) is 4.65. The van der Waals surface area contributed by atoms with Crippen molar-refractivity contribution in [3.8, 4) is 0 Å². The zero-order valence-electron chi connectivity index (χ0n) is 13.0. The van der Waals surface area contributed by atoms with Crippen LogP contribution < -0.4 is 0 Å². The Hall–Kier alpha value is -2.91. The molecular formula is C17H10FN3O3S2. The minimum atomic E-state index is -0.493. The zero-order valence-corrected chi connectivity index (χ0v) is 14.7. The number of hydrogen-bond donors (Lipinski definition) is 0. The van der Waals surface area contributed by atoms with Gasteiger partial charge in [-0.15, -0.1) is 0 Å². The number of nitro groups is 1. The van der Waals surface area contributed by atoms with Crippen LogP contribution >= 0.6 is 24.0 Å². The maximum Gasteiger partial charge on any atom is 0.286 e. The Morgan fingerprint density at radius 2 is 1.73 bits per heavy atom. The second-order valence-corrected chi connectivity index (χ2v) is 6.81. The fraction of sp³-hybridized carbons (Fsp3) is 0. The highest BCUT2D eigenvalue weighted by atomic mass is 32.2. The van der Waals surface area contributed by atoms with E-state index in [0.717, 1.165) is 16.8 Å². The summed E-state index contributed by atoms with van der Waals surface area (Å²) in [6.07, 6.45) is 3.01. The topological polar surface area (TPSA) is 75.8 Å². The summed E-state index contributed by atoms with van der Waals surface area (Å²) in [4.78, 5) is 23.0. The van der Waals surface area contributed by atoms with Crippen molar-refractivity contribution in [2.45, 2.75) is 0 Å². The summed E-state index contributed by atoms with van der Waals surface area (Å²) in [5.41, 5.74) is 1.23. The molecule has 3 rings (SSSR count). The second-order valence-electron chi connectivity index (χ2n) is 5.14. The van der Waals surface area contributed by atoms with E-state index in [-0.39, 0.29) is 15.8 Å². The van der Waals surface area contributed by atoms with Gasteiger partial charge in [0.2, 0.25) is 0 Å². The smallest absolute Gasteiger partial charge is 0.266 e. The second kappa shape index (κ2) is 7.54.